The molecule has 166 valence electrons. The van der Waals surface area contributed by atoms with Gasteiger partial charge in [0, 0.05) is 40.7 Å². The molecule has 0 radical (unpaired) electrons. The highest BCUT2D eigenvalue weighted by atomic mass is 19.3. The lowest BCUT2D eigenvalue weighted by molar-refractivity contribution is -0.130. The average molecular weight is 431 g/mol. The maximum absolute atomic E-state index is 12.3. The highest BCUT2D eigenvalue weighted by molar-refractivity contribution is 5.81. The Morgan fingerprint density at radius 1 is 1.19 bits per heavy atom. The Labute approximate surface area is 179 Å². The number of aryl methyl sites for hydroxylation is 1. The quantitative estimate of drug-likeness (QED) is 0.585. The largest absolute Gasteiger partial charge is 0.393 e. The number of pyridine rings is 1. The first kappa shape index (κ1) is 21.6. The Balaban J connectivity index is 1.69. The molecular formula is C22H27F2N5O2. The molecule has 0 unspecified atom stereocenters. The number of hydrogen-bond acceptors (Lipinski definition) is 6. The van der Waals surface area contributed by atoms with Gasteiger partial charge in [-0.3, -0.25) is 4.98 Å². The molecule has 3 heterocycles. The number of nitrogens with one attached hydrogen (secondary N) is 1. The molecule has 0 aliphatic heterocycles. The molecule has 1 aliphatic carbocycles. The molecule has 9 heteroatoms. The normalized spacial score (nSPS) is 20.3. The molecule has 0 spiro atoms. The van der Waals surface area contributed by atoms with E-state index in [1.54, 1.807) is 13.1 Å². The monoisotopic (exact) mass is 431 g/mol. The van der Waals surface area contributed by atoms with Gasteiger partial charge in [0.15, 0.2) is 0 Å². The van der Waals surface area contributed by atoms with Gasteiger partial charge in [-0.2, -0.15) is 8.78 Å². The SMILES string of the molecule is Cc1ccc(-c2cc([C@H]3CC[C@H](O)CC3)n3nc(N[C@@H](C)COC(F)F)ncc23)cn1. The summed E-state index contributed by atoms with van der Waals surface area (Å²) in [6, 6.07) is 5.75. The number of ether oxygens (including phenoxy) is 1. The van der Waals surface area contributed by atoms with Crippen LogP contribution in [0.15, 0.2) is 30.6 Å². The smallest absolute Gasteiger partial charge is 0.345 e. The third-order valence-electron chi connectivity index (χ3n) is 5.73. The van der Waals surface area contributed by atoms with Crippen molar-refractivity contribution in [3.63, 3.8) is 0 Å². The van der Waals surface area contributed by atoms with Crippen LogP contribution in [0.1, 0.15) is 49.9 Å². The van der Waals surface area contributed by atoms with Crippen LogP contribution in [-0.4, -0.2) is 50.1 Å². The fraction of sp³-hybridized carbons (Fsp3) is 0.500. The Hall–Kier alpha value is -2.65. The molecule has 4 rings (SSSR count). The van der Waals surface area contributed by atoms with Crippen LogP contribution in [0.3, 0.4) is 0 Å². The first-order chi connectivity index (χ1) is 14.9. The molecule has 0 aromatic carbocycles. The van der Waals surface area contributed by atoms with E-state index in [9.17, 15) is 13.9 Å². The summed E-state index contributed by atoms with van der Waals surface area (Å²) in [6.45, 7) is 0.716. The van der Waals surface area contributed by atoms with Crippen LogP contribution in [-0.2, 0) is 4.74 Å². The number of hydrogen-bond donors (Lipinski definition) is 2. The van der Waals surface area contributed by atoms with Crippen molar-refractivity contribution in [2.24, 2.45) is 0 Å². The van der Waals surface area contributed by atoms with Crippen molar-refractivity contribution in [1.29, 1.82) is 0 Å². The van der Waals surface area contributed by atoms with E-state index in [0.29, 0.717) is 5.95 Å². The van der Waals surface area contributed by atoms with Crippen LogP contribution in [0.25, 0.3) is 16.6 Å². The summed E-state index contributed by atoms with van der Waals surface area (Å²) in [6.07, 6.45) is 6.62. The second kappa shape index (κ2) is 9.23. The summed E-state index contributed by atoms with van der Waals surface area (Å²) in [5, 5.41) is 17.6. The van der Waals surface area contributed by atoms with E-state index >= 15 is 0 Å². The molecule has 1 aliphatic rings. The number of anilines is 1. The predicted molar refractivity (Wildman–Crippen MR) is 113 cm³/mol. The number of aliphatic hydroxyl groups excluding tert-OH is 1. The topological polar surface area (TPSA) is 84.6 Å². The minimum absolute atomic E-state index is 0.154. The molecule has 3 aromatic heterocycles. The van der Waals surface area contributed by atoms with Crippen LogP contribution in [0.4, 0.5) is 14.7 Å². The number of rotatable bonds is 7. The zero-order valence-corrected chi connectivity index (χ0v) is 17.6. The first-order valence-corrected chi connectivity index (χ1v) is 10.6. The van der Waals surface area contributed by atoms with E-state index in [4.69, 9.17) is 0 Å². The summed E-state index contributed by atoms with van der Waals surface area (Å²) in [7, 11) is 0. The standard InChI is InChI=1S/C22H27F2N5O2/c1-13-3-4-16(10-25-13)18-9-19(15-5-7-17(30)8-6-15)29-20(18)11-26-22(28-29)27-14(2)12-31-21(23)24/h3-4,9-11,14-15,17,21,30H,5-8,12H2,1-2H3,(H,27,28)/t14-,15-,17-/m0/s1. The van der Waals surface area contributed by atoms with Crippen LogP contribution in [0.5, 0.6) is 0 Å². The maximum Gasteiger partial charge on any atom is 0.345 e. The van der Waals surface area contributed by atoms with E-state index < -0.39 is 6.61 Å². The summed E-state index contributed by atoms with van der Waals surface area (Å²) in [5.41, 5.74) is 4.83. The molecule has 31 heavy (non-hydrogen) atoms. The van der Waals surface area contributed by atoms with Gasteiger partial charge in [0.1, 0.15) is 0 Å². The fourth-order valence-electron chi connectivity index (χ4n) is 4.08. The number of aliphatic hydroxyl groups is 1. The molecule has 1 atom stereocenters. The van der Waals surface area contributed by atoms with E-state index in [0.717, 1.165) is 53.7 Å². The minimum Gasteiger partial charge on any atom is -0.393 e. The lowest BCUT2D eigenvalue weighted by Crippen LogP contribution is -2.25. The van der Waals surface area contributed by atoms with Crippen molar-refractivity contribution >= 4 is 11.5 Å². The molecule has 1 fully saturated rings. The van der Waals surface area contributed by atoms with Crippen LogP contribution in [0.2, 0.25) is 0 Å². The van der Waals surface area contributed by atoms with Crippen molar-refractivity contribution in [2.45, 2.75) is 64.2 Å². The zero-order chi connectivity index (χ0) is 22.0. The van der Waals surface area contributed by atoms with Gasteiger partial charge in [-0.1, -0.05) is 6.07 Å². The number of halogens is 2. The number of alkyl halides is 2. The van der Waals surface area contributed by atoms with Crippen LogP contribution < -0.4 is 5.32 Å². The van der Waals surface area contributed by atoms with Gasteiger partial charge in [0.05, 0.1) is 24.4 Å². The third kappa shape index (κ3) is 4.99. The van der Waals surface area contributed by atoms with E-state index in [1.807, 2.05) is 29.8 Å². The van der Waals surface area contributed by atoms with Gasteiger partial charge in [-0.15, -0.1) is 5.10 Å². The van der Waals surface area contributed by atoms with Gasteiger partial charge in [0.25, 0.3) is 0 Å². The second-order valence-corrected chi connectivity index (χ2v) is 8.19. The fourth-order valence-corrected chi connectivity index (χ4v) is 4.08. The summed E-state index contributed by atoms with van der Waals surface area (Å²) < 4.78 is 30.9. The van der Waals surface area contributed by atoms with Gasteiger partial charge >= 0.3 is 6.61 Å². The number of nitrogens with zero attached hydrogens (tertiary/aromatic N) is 4. The molecule has 0 saturated heterocycles. The predicted octanol–water partition coefficient (Wildman–Crippen LogP) is 4.16. The Kier molecular flexibility index (Phi) is 6.43. The van der Waals surface area contributed by atoms with E-state index in [1.165, 1.54) is 0 Å². The van der Waals surface area contributed by atoms with Crippen molar-refractivity contribution < 1.29 is 18.6 Å². The molecule has 7 nitrogen and oxygen atoms in total. The van der Waals surface area contributed by atoms with Crippen molar-refractivity contribution in [1.82, 2.24) is 19.6 Å². The lowest BCUT2D eigenvalue weighted by atomic mass is 9.85. The number of aromatic nitrogens is 4. The Morgan fingerprint density at radius 3 is 2.65 bits per heavy atom. The van der Waals surface area contributed by atoms with Gasteiger partial charge < -0.3 is 15.2 Å². The molecule has 3 aromatic rings. The van der Waals surface area contributed by atoms with E-state index in [-0.39, 0.29) is 24.7 Å². The lowest BCUT2D eigenvalue weighted by Gasteiger charge is -2.25. The first-order valence-electron chi connectivity index (χ1n) is 10.6. The summed E-state index contributed by atoms with van der Waals surface area (Å²) in [5.74, 6) is 0.615. The maximum atomic E-state index is 12.3. The highest BCUT2D eigenvalue weighted by Crippen LogP contribution is 2.37. The van der Waals surface area contributed by atoms with Gasteiger partial charge in [-0.25, -0.2) is 9.50 Å². The van der Waals surface area contributed by atoms with Crippen molar-refractivity contribution in [3.8, 4) is 11.1 Å². The molecule has 0 bridgehead atoms. The van der Waals surface area contributed by atoms with Gasteiger partial charge in [0.2, 0.25) is 5.95 Å². The molecule has 0 amide bonds. The zero-order valence-electron chi connectivity index (χ0n) is 17.6. The highest BCUT2D eigenvalue weighted by Gasteiger charge is 2.25. The minimum atomic E-state index is -2.81. The average Bonchev–Trinajstić information content (AvgIpc) is 3.12. The van der Waals surface area contributed by atoms with E-state index in [2.05, 4.69) is 31.2 Å². The molecular weight excluding hydrogens is 404 g/mol. The van der Waals surface area contributed by atoms with Gasteiger partial charge in [-0.05, 0) is 51.7 Å². The van der Waals surface area contributed by atoms with Crippen molar-refractivity contribution in [3.05, 3.63) is 42.0 Å². The van der Waals surface area contributed by atoms with Crippen LogP contribution >= 0.6 is 0 Å². The summed E-state index contributed by atoms with van der Waals surface area (Å²) >= 11 is 0. The van der Waals surface area contributed by atoms with Crippen LogP contribution in [0, 0.1) is 6.92 Å². The Morgan fingerprint density at radius 2 is 1.97 bits per heavy atom. The number of fused-ring (bicyclic) bond motifs is 1. The molecule has 2 N–H and O–H groups in total. The molecule has 1 saturated carbocycles. The third-order valence-corrected chi connectivity index (χ3v) is 5.73. The second-order valence-electron chi connectivity index (χ2n) is 8.19. The summed E-state index contributed by atoms with van der Waals surface area (Å²) in [4.78, 5) is 8.82. The Bertz CT molecular complexity index is 1020. The van der Waals surface area contributed by atoms with Crippen molar-refractivity contribution in [2.75, 3.05) is 11.9 Å².